The van der Waals surface area contributed by atoms with Gasteiger partial charge in [0.25, 0.3) is 0 Å². The summed E-state index contributed by atoms with van der Waals surface area (Å²) in [6.07, 6.45) is 1.42. The van der Waals surface area contributed by atoms with Crippen molar-refractivity contribution in [2.75, 3.05) is 38.3 Å². The molecule has 0 aliphatic heterocycles. The molecule has 0 saturated heterocycles. The van der Waals surface area contributed by atoms with Crippen molar-refractivity contribution in [2.24, 2.45) is 0 Å². The van der Waals surface area contributed by atoms with E-state index in [4.69, 9.17) is 10.5 Å². The fourth-order valence-electron chi connectivity index (χ4n) is 2.38. The molecule has 26 heavy (non-hydrogen) atoms. The smallest absolute Gasteiger partial charge is 0.147 e. The Morgan fingerprint density at radius 1 is 1.23 bits per heavy atom. The number of nitrogens with zero attached hydrogens (tertiary/aromatic N) is 3. The topological polar surface area (TPSA) is 76.3 Å². The number of rotatable bonds is 6. The SMILES string of the molecule is CN(C)CCOc1cc2ncnc(Nc3ccc(Br)cc3F)c2cc1N. The average Bonchev–Trinajstić information content (AvgIpc) is 2.58. The largest absolute Gasteiger partial charge is 0.490 e. The van der Waals surface area contributed by atoms with Crippen molar-refractivity contribution >= 4 is 44.0 Å². The number of fused-ring (bicyclic) bond motifs is 1. The predicted octanol–water partition coefficient (Wildman–Crippen LogP) is 3.80. The van der Waals surface area contributed by atoms with Crippen LogP contribution in [0.5, 0.6) is 5.75 Å². The molecule has 1 aromatic heterocycles. The van der Waals surface area contributed by atoms with Crippen LogP contribution >= 0.6 is 15.9 Å². The fourth-order valence-corrected chi connectivity index (χ4v) is 2.72. The number of aromatic nitrogens is 2. The fraction of sp³-hybridized carbons (Fsp3) is 0.222. The van der Waals surface area contributed by atoms with E-state index in [1.54, 1.807) is 24.3 Å². The first-order valence-corrected chi connectivity index (χ1v) is 8.77. The van der Waals surface area contributed by atoms with Gasteiger partial charge in [-0.2, -0.15) is 0 Å². The summed E-state index contributed by atoms with van der Waals surface area (Å²) >= 11 is 3.24. The summed E-state index contributed by atoms with van der Waals surface area (Å²) in [7, 11) is 3.94. The van der Waals surface area contributed by atoms with Gasteiger partial charge in [-0.3, -0.25) is 0 Å². The Hall–Kier alpha value is -2.45. The Balaban J connectivity index is 1.91. The molecular formula is C18H19BrFN5O. The van der Waals surface area contributed by atoms with Gasteiger partial charge in [0.1, 0.15) is 30.3 Å². The Bertz CT molecular complexity index is 935. The van der Waals surface area contributed by atoms with E-state index in [1.165, 1.54) is 12.4 Å². The quantitative estimate of drug-likeness (QED) is 0.591. The molecule has 0 unspecified atom stereocenters. The van der Waals surface area contributed by atoms with Crippen LogP contribution in [-0.4, -0.2) is 42.1 Å². The number of anilines is 3. The summed E-state index contributed by atoms with van der Waals surface area (Å²) in [5.41, 5.74) is 7.57. The molecule has 0 aliphatic carbocycles. The van der Waals surface area contributed by atoms with Gasteiger partial charge in [0.2, 0.25) is 0 Å². The maximum absolute atomic E-state index is 14.1. The summed E-state index contributed by atoms with van der Waals surface area (Å²) in [6, 6.07) is 8.27. The highest BCUT2D eigenvalue weighted by Gasteiger charge is 2.11. The number of nitrogens with one attached hydrogen (secondary N) is 1. The van der Waals surface area contributed by atoms with Crippen molar-refractivity contribution in [2.45, 2.75) is 0 Å². The van der Waals surface area contributed by atoms with Crippen LogP contribution in [0.4, 0.5) is 21.6 Å². The summed E-state index contributed by atoms with van der Waals surface area (Å²) in [5.74, 6) is 0.657. The van der Waals surface area contributed by atoms with Crippen molar-refractivity contribution in [1.82, 2.24) is 14.9 Å². The second-order valence-electron chi connectivity index (χ2n) is 6.03. The lowest BCUT2D eigenvalue weighted by atomic mass is 10.2. The molecule has 3 rings (SSSR count). The van der Waals surface area contributed by atoms with Crippen molar-refractivity contribution < 1.29 is 9.13 Å². The average molecular weight is 420 g/mol. The van der Waals surface area contributed by atoms with Crippen molar-refractivity contribution in [1.29, 1.82) is 0 Å². The minimum atomic E-state index is -0.386. The van der Waals surface area contributed by atoms with Crippen molar-refractivity contribution in [3.05, 3.63) is 46.9 Å². The van der Waals surface area contributed by atoms with Gasteiger partial charge in [0, 0.05) is 22.5 Å². The standard InChI is InChI=1S/C18H19BrFN5O/c1-25(2)5-6-26-17-9-16-12(8-14(17)21)18(23-10-22-16)24-15-4-3-11(19)7-13(15)20/h3-4,7-10H,5-6,21H2,1-2H3,(H,22,23,24). The second-order valence-corrected chi connectivity index (χ2v) is 6.95. The van der Waals surface area contributed by atoms with Crippen LogP contribution in [0.25, 0.3) is 10.9 Å². The Labute approximate surface area is 159 Å². The maximum atomic E-state index is 14.1. The molecule has 0 saturated carbocycles. The van der Waals surface area contributed by atoms with Crippen molar-refractivity contribution in [3.63, 3.8) is 0 Å². The minimum Gasteiger partial charge on any atom is -0.490 e. The summed E-state index contributed by atoms with van der Waals surface area (Å²) in [6.45, 7) is 1.29. The Kier molecular flexibility index (Phi) is 5.53. The number of ether oxygens (including phenoxy) is 1. The monoisotopic (exact) mass is 419 g/mol. The van der Waals surface area contributed by atoms with E-state index < -0.39 is 0 Å². The highest BCUT2D eigenvalue weighted by atomic mass is 79.9. The van der Waals surface area contributed by atoms with E-state index in [1.807, 2.05) is 19.0 Å². The third kappa shape index (κ3) is 4.20. The van der Waals surface area contributed by atoms with E-state index in [0.29, 0.717) is 44.9 Å². The summed E-state index contributed by atoms with van der Waals surface area (Å²) in [4.78, 5) is 10.5. The van der Waals surface area contributed by atoms with Crippen LogP contribution in [0.15, 0.2) is 41.1 Å². The zero-order chi connectivity index (χ0) is 18.7. The van der Waals surface area contributed by atoms with Crippen LogP contribution in [0.1, 0.15) is 0 Å². The van der Waals surface area contributed by atoms with Crippen LogP contribution in [0.3, 0.4) is 0 Å². The molecule has 0 bridgehead atoms. The third-order valence-electron chi connectivity index (χ3n) is 3.75. The predicted molar refractivity (Wildman–Crippen MR) is 105 cm³/mol. The first-order valence-electron chi connectivity index (χ1n) is 7.98. The first-order chi connectivity index (χ1) is 12.4. The van der Waals surface area contributed by atoms with E-state index >= 15 is 0 Å². The molecule has 0 radical (unpaired) electrons. The van der Waals surface area contributed by atoms with Crippen molar-refractivity contribution in [3.8, 4) is 5.75 Å². The zero-order valence-electron chi connectivity index (χ0n) is 14.5. The molecule has 0 fully saturated rings. The molecule has 6 nitrogen and oxygen atoms in total. The van der Waals surface area contributed by atoms with Crippen LogP contribution in [-0.2, 0) is 0 Å². The number of halogens is 2. The van der Waals surface area contributed by atoms with Gasteiger partial charge in [0.15, 0.2) is 0 Å². The third-order valence-corrected chi connectivity index (χ3v) is 4.24. The molecule has 3 aromatic rings. The molecule has 3 N–H and O–H groups in total. The lowest BCUT2D eigenvalue weighted by molar-refractivity contribution is 0.262. The summed E-state index contributed by atoms with van der Waals surface area (Å²) < 4.78 is 20.5. The molecule has 136 valence electrons. The highest BCUT2D eigenvalue weighted by molar-refractivity contribution is 9.10. The molecule has 8 heteroatoms. The molecular weight excluding hydrogens is 401 g/mol. The molecule has 1 heterocycles. The van der Waals surface area contributed by atoms with Gasteiger partial charge < -0.3 is 20.7 Å². The Morgan fingerprint density at radius 3 is 2.77 bits per heavy atom. The lowest BCUT2D eigenvalue weighted by Gasteiger charge is -2.14. The zero-order valence-corrected chi connectivity index (χ0v) is 16.0. The van der Waals surface area contributed by atoms with Crippen LogP contribution in [0, 0.1) is 5.82 Å². The molecule has 0 amide bonds. The number of likely N-dealkylation sites (N-methyl/N-ethyl adjacent to an activating group) is 1. The van der Waals surface area contributed by atoms with E-state index in [-0.39, 0.29) is 5.82 Å². The lowest BCUT2D eigenvalue weighted by Crippen LogP contribution is -2.19. The molecule has 0 spiro atoms. The highest BCUT2D eigenvalue weighted by Crippen LogP contribution is 2.32. The normalized spacial score (nSPS) is 11.1. The van der Waals surface area contributed by atoms with Gasteiger partial charge in [-0.1, -0.05) is 15.9 Å². The number of nitrogen functional groups attached to an aromatic ring is 1. The van der Waals surface area contributed by atoms with Gasteiger partial charge >= 0.3 is 0 Å². The number of benzene rings is 2. The first kappa shape index (κ1) is 18.3. The van der Waals surface area contributed by atoms with Gasteiger partial charge in [-0.05, 0) is 38.4 Å². The molecule has 2 aromatic carbocycles. The van der Waals surface area contributed by atoms with E-state index in [0.717, 1.165) is 6.54 Å². The second kappa shape index (κ2) is 7.84. The molecule has 0 atom stereocenters. The number of hydrogen-bond donors (Lipinski definition) is 2. The van der Waals surface area contributed by atoms with Gasteiger partial charge in [-0.15, -0.1) is 0 Å². The molecule has 0 aliphatic rings. The van der Waals surface area contributed by atoms with Crippen LogP contribution in [0.2, 0.25) is 0 Å². The van der Waals surface area contributed by atoms with Crippen LogP contribution < -0.4 is 15.8 Å². The van der Waals surface area contributed by atoms with E-state index in [9.17, 15) is 4.39 Å². The maximum Gasteiger partial charge on any atom is 0.147 e. The number of nitrogens with two attached hydrogens (primary N) is 1. The van der Waals surface area contributed by atoms with Gasteiger partial charge in [-0.25, -0.2) is 14.4 Å². The van der Waals surface area contributed by atoms with Gasteiger partial charge in [0.05, 0.1) is 16.9 Å². The summed E-state index contributed by atoms with van der Waals surface area (Å²) in [5, 5.41) is 3.68. The minimum absolute atomic E-state index is 0.318. The number of hydrogen-bond acceptors (Lipinski definition) is 6. The Morgan fingerprint density at radius 2 is 2.04 bits per heavy atom. The van der Waals surface area contributed by atoms with E-state index in [2.05, 4.69) is 31.2 Å².